The Labute approximate surface area is 279 Å². The number of carbonyl (C=O) groups is 3. The fraction of sp³-hybridized carbons (Fsp3) is 0.806. The molecule has 0 aromatic rings. The van der Waals surface area contributed by atoms with Crippen molar-refractivity contribution in [1.82, 2.24) is 0 Å². The van der Waals surface area contributed by atoms with E-state index in [1.807, 2.05) is 0 Å². The van der Waals surface area contributed by atoms with Crippen molar-refractivity contribution in [2.75, 3.05) is 0 Å². The minimum absolute atomic E-state index is 0.0701. The van der Waals surface area contributed by atoms with Crippen LogP contribution in [0.4, 0.5) is 0 Å². The smallest absolute Gasteiger partial charge is 0.334 e. The number of allylic oxidation sites excluding steroid dienone is 1. The zero-order valence-corrected chi connectivity index (χ0v) is 29.4. The van der Waals surface area contributed by atoms with Crippen molar-refractivity contribution in [1.29, 1.82) is 0 Å². The van der Waals surface area contributed by atoms with Gasteiger partial charge in [-0.2, -0.15) is 0 Å². The van der Waals surface area contributed by atoms with E-state index in [0.29, 0.717) is 24.0 Å². The van der Waals surface area contributed by atoms with Gasteiger partial charge >= 0.3 is 17.9 Å². The summed E-state index contributed by atoms with van der Waals surface area (Å²) in [6.07, 6.45) is 3.09. The van der Waals surface area contributed by atoms with E-state index in [9.17, 15) is 34.8 Å². The Morgan fingerprint density at radius 2 is 1.40 bits per heavy atom. The molecule has 11 heteroatoms. The number of unbranched alkanes of at least 4 members (excludes halogenated alkanes) is 8. The molecule has 1 saturated carbocycles. The third-order valence-corrected chi connectivity index (χ3v) is 10.3. The van der Waals surface area contributed by atoms with Crippen LogP contribution >= 0.6 is 0 Å². The first-order valence-corrected chi connectivity index (χ1v) is 17.5. The second-order valence-electron chi connectivity index (χ2n) is 14.1. The average molecular weight is 667 g/mol. The zero-order valence-electron chi connectivity index (χ0n) is 29.4. The molecule has 268 valence electrons. The van der Waals surface area contributed by atoms with Gasteiger partial charge in [-0.3, -0.25) is 9.59 Å². The Bertz CT molecular complexity index is 1170. The largest absolute Gasteiger partial charge is 0.459 e. The Morgan fingerprint density at radius 1 is 0.872 bits per heavy atom. The molecule has 9 atom stereocenters. The lowest BCUT2D eigenvalue weighted by Gasteiger charge is -2.42. The summed E-state index contributed by atoms with van der Waals surface area (Å²) in [5, 5.41) is 47.1. The summed E-state index contributed by atoms with van der Waals surface area (Å²) >= 11 is 0. The fourth-order valence-electron chi connectivity index (χ4n) is 7.27. The standard InChI is InChI=1S/C36H58O11/c1-8-11-13-15-17-19-25(37)44-24-21-34(6,41)28-27(31-36(24,43)35(7,42)33(40)47-31)23(5)29(46-32(39)22(4)10-3)30(28)45-26(38)20-18-16-14-12-9-2/h10,24,28-31,33,40-43H,8-9,11-21H2,1-7H3/b22-10-/t24-,28+,29-,30-,31-,33?,34-,35+,36+/m0/s1. The van der Waals surface area contributed by atoms with Crippen LogP contribution < -0.4 is 0 Å². The van der Waals surface area contributed by atoms with Crippen LogP contribution in [0.1, 0.15) is 132 Å². The number of fused-ring (bicyclic) bond motifs is 3. The number of hydrogen-bond acceptors (Lipinski definition) is 11. The van der Waals surface area contributed by atoms with Gasteiger partial charge in [-0.15, -0.1) is 0 Å². The quantitative estimate of drug-likeness (QED) is 0.0592. The number of aliphatic hydroxyl groups excluding tert-OH is 1. The predicted octanol–water partition coefficient (Wildman–Crippen LogP) is 4.71. The zero-order chi connectivity index (χ0) is 35.2. The highest BCUT2D eigenvalue weighted by atomic mass is 16.7. The molecule has 0 radical (unpaired) electrons. The Hall–Kier alpha value is -2.31. The highest BCUT2D eigenvalue weighted by molar-refractivity contribution is 5.88. The highest BCUT2D eigenvalue weighted by Crippen LogP contribution is 2.57. The Kier molecular flexibility index (Phi) is 13.6. The Balaban J connectivity index is 2.04. The second-order valence-corrected chi connectivity index (χ2v) is 14.1. The van der Waals surface area contributed by atoms with E-state index >= 15 is 0 Å². The van der Waals surface area contributed by atoms with Crippen LogP contribution in [0, 0.1) is 5.92 Å². The molecule has 1 saturated heterocycles. The van der Waals surface area contributed by atoms with E-state index in [1.54, 1.807) is 26.8 Å². The first kappa shape index (κ1) is 39.1. The molecule has 11 nitrogen and oxygen atoms in total. The van der Waals surface area contributed by atoms with Crippen molar-refractivity contribution in [2.45, 2.75) is 179 Å². The molecule has 2 fully saturated rings. The number of ether oxygens (including phenoxy) is 4. The van der Waals surface area contributed by atoms with Crippen LogP contribution in [0.5, 0.6) is 0 Å². The van der Waals surface area contributed by atoms with E-state index in [0.717, 1.165) is 51.4 Å². The summed E-state index contributed by atoms with van der Waals surface area (Å²) < 4.78 is 23.6. The van der Waals surface area contributed by atoms with Crippen molar-refractivity contribution < 1.29 is 53.8 Å². The van der Waals surface area contributed by atoms with Crippen molar-refractivity contribution in [2.24, 2.45) is 5.92 Å². The van der Waals surface area contributed by atoms with Crippen LogP contribution in [0.25, 0.3) is 0 Å². The fourth-order valence-corrected chi connectivity index (χ4v) is 7.27. The normalized spacial score (nSPS) is 35.3. The van der Waals surface area contributed by atoms with E-state index in [1.165, 1.54) is 13.8 Å². The van der Waals surface area contributed by atoms with Gasteiger partial charge in [0.2, 0.25) is 0 Å². The lowest BCUT2D eigenvalue weighted by Crippen LogP contribution is -2.65. The van der Waals surface area contributed by atoms with Crippen molar-refractivity contribution in [3.63, 3.8) is 0 Å². The van der Waals surface area contributed by atoms with Gasteiger partial charge in [0.25, 0.3) is 0 Å². The molecule has 0 amide bonds. The first-order chi connectivity index (χ1) is 22.1. The summed E-state index contributed by atoms with van der Waals surface area (Å²) in [6.45, 7) is 11.7. The first-order valence-electron chi connectivity index (χ1n) is 17.5. The molecule has 0 aromatic heterocycles. The van der Waals surface area contributed by atoms with Gasteiger partial charge in [0.1, 0.15) is 17.8 Å². The SMILES string of the molecule is C/C=C(/C)C(=O)O[C@H]1C(C)=C2[C@H]([C@@H]1OC(=O)CCCCCCC)[C@@](C)(O)C[C@H](OC(=O)CCCCCCC)[C@@]1(O)[C@H]2OC(O)[C@@]1(C)O. The Morgan fingerprint density at radius 3 is 1.94 bits per heavy atom. The van der Waals surface area contributed by atoms with E-state index < -0.39 is 77.8 Å². The molecule has 1 aliphatic heterocycles. The molecule has 3 rings (SSSR count). The monoisotopic (exact) mass is 666 g/mol. The molecule has 3 aliphatic rings. The van der Waals surface area contributed by atoms with E-state index in [4.69, 9.17) is 18.9 Å². The van der Waals surface area contributed by atoms with Crippen molar-refractivity contribution in [3.05, 3.63) is 22.8 Å². The van der Waals surface area contributed by atoms with Gasteiger partial charge in [0, 0.05) is 24.8 Å². The number of carbonyl (C=O) groups excluding carboxylic acids is 3. The van der Waals surface area contributed by atoms with Gasteiger partial charge in [0.15, 0.2) is 24.1 Å². The molecule has 0 bridgehead atoms. The van der Waals surface area contributed by atoms with Gasteiger partial charge in [-0.25, -0.2) is 4.79 Å². The molecule has 4 N–H and O–H groups in total. The molecule has 0 aromatic carbocycles. The van der Waals surface area contributed by atoms with Gasteiger partial charge in [0.05, 0.1) is 11.5 Å². The average Bonchev–Trinajstić information content (AvgIpc) is 3.34. The number of aliphatic hydroxyl groups is 4. The topological polar surface area (TPSA) is 169 Å². The van der Waals surface area contributed by atoms with Crippen LogP contribution in [0.15, 0.2) is 22.8 Å². The third kappa shape index (κ3) is 8.29. The highest BCUT2D eigenvalue weighted by Gasteiger charge is 2.74. The summed E-state index contributed by atoms with van der Waals surface area (Å²) in [5.41, 5.74) is -5.73. The lowest BCUT2D eigenvalue weighted by molar-refractivity contribution is -0.226. The van der Waals surface area contributed by atoms with Gasteiger partial charge in [-0.1, -0.05) is 71.3 Å². The van der Waals surface area contributed by atoms with Crippen LogP contribution in [0.2, 0.25) is 0 Å². The number of esters is 3. The maximum Gasteiger partial charge on any atom is 0.334 e. The number of hydrogen-bond donors (Lipinski definition) is 4. The van der Waals surface area contributed by atoms with Gasteiger partial charge in [-0.05, 0) is 58.6 Å². The molecular weight excluding hydrogens is 608 g/mol. The number of rotatable bonds is 16. The van der Waals surface area contributed by atoms with Crippen LogP contribution in [0.3, 0.4) is 0 Å². The summed E-state index contributed by atoms with van der Waals surface area (Å²) in [7, 11) is 0. The molecule has 1 heterocycles. The lowest BCUT2D eigenvalue weighted by atomic mass is 9.75. The molecule has 1 unspecified atom stereocenters. The molecular formula is C36H58O11. The predicted molar refractivity (Wildman–Crippen MR) is 174 cm³/mol. The molecule has 47 heavy (non-hydrogen) atoms. The summed E-state index contributed by atoms with van der Waals surface area (Å²) in [4.78, 5) is 39.4. The molecule has 0 spiro atoms. The minimum Gasteiger partial charge on any atom is -0.459 e. The van der Waals surface area contributed by atoms with Gasteiger partial charge < -0.3 is 39.4 Å². The maximum atomic E-state index is 13.2. The third-order valence-electron chi connectivity index (χ3n) is 10.3. The van der Waals surface area contributed by atoms with Crippen LogP contribution in [-0.4, -0.2) is 85.8 Å². The van der Waals surface area contributed by atoms with E-state index in [2.05, 4.69) is 13.8 Å². The van der Waals surface area contributed by atoms with Crippen molar-refractivity contribution in [3.8, 4) is 0 Å². The van der Waals surface area contributed by atoms with Crippen molar-refractivity contribution >= 4 is 17.9 Å². The van der Waals surface area contributed by atoms with E-state index in [-0.39, 0.29) is 18.4 Å². The summed E-state index contributed by atoms with van der Waals surface area (Å²) in [5.74, 6) is -2.92. The summed E-state index contributed by atoms with van der Waals surface area (Å²) in [6, 6.07) is 0. The molecule has 2 aliphatic carbocycles. The van der Waals surface area contributed by atoms with Crippen LogP contribution in [-0.2, 0) is 33.3 Å². The minimum atomic E-state index is -2.43. The second kappa shape index (κ2) is 16.4. The maximum absolute atomic E-state index is 13.2.